The molecule has 0 spiro atoms. The molecule has 1 saturated heterocycles. The largest absolute Gasteiger partial charge is 0.394 e. The summed E-state index contributed by atoms with van der Waals surface area (Å²) in [7, 11) is 8.20. The highest BCUT2D eigenvalue weighted by molar-refractivity contribution is 5.80. The molecule has 0 aromatic heterocycles. The third kappa shape index (κ3) is 3.62. The summed E-state index contributed by atoms with van der Waals surface area (Å²) < 4.78 is 0. The summed E-state index contributed by atoms with van der Waals surface area (Å²) in [4.78, 5) is 8.67. The minimum atomic E-state index is -0.167. The van der Waals surface area contributed by atoms with E-state index in [2.05, 4.69) is 67.2 Å². The molecule has 2 aliphatic rings. The van der Waals surface area contributed by atoms with Gasteiger partial charge in [-0.3, -0.25) is 0 Å². The Labute approximate surface area is 172 Å². The van der Waals surface area contributed by atoms with E-state index in [1.54, 1.807) is 0 Å². The number of benzene rings is 2. The van der Waals surface area contributed by atoms with Crippen molar-refractivity contribution in [1.29, 1.82) is 0 Å². The first-order valence-electron chi connectivity index (χ1n) is 10.1. The molecule has 29 heavy (non-hydrogen) atoms. The molecule has 7 nitrogen and oxygen atoms in total. The van der Waals surface area contributed by atoms with Crippen molar-refractivity contribution >= 4 is 28.4 Å². The summed E-state index contributed by atoms with van der Waals surface area (Å²) in [5.41, 5.74) is 5.45. The van der Waals surface area contributed by atoms with E-state index in [1.165, 1.54) is 5.69 Å². The third-order valence-corrected chi connectivity index (χ3v) is 5.97. The molecular formula is C22H30N6O. The van der Waals surface area contributed by atoms with E-state index in [1.807, 2.05) is 33.3 Å². The number of azo groups is 1. The smallest absolute Gasteiger partial charge is 0.218 e. The molecule has 0 saturated carbocycles. The zero-order valence-corrected chi connectivity index (χ0v) is 17.7. The van der Waals surface area contributed by atoms with Crippen LogP contribution in [-0.2, 0) is 0 Å². The number of aliphatic hydroxyl groups excluding tert-OH is 1. The number of hydrogen-bond donors (Lipinski definition) is 1. The lowest BCUT2D eigenvalue weighted by atomic mass is 10.2. The van der Waals surface area contributed by atoms with Crippen molar-refractivity contribution in [2.45, 2.75) is 25.2 Å². The standard InChI is InChI=1S/C22H30N6O/c1-25(2)18-11-12-20-21(14-18)27(4)22(26(20)3)24-23-16-7-9-17(10-8-16)28-13-5-6-19(28)15-29/h7-12,14,19,22,29H,5-6,13,15H2,1-4H3. The summed E-state index contributed by atoms with van der Waals surface area (Å²) in [6, 6.07) is 14.8. The Morgan fingerprint density at radius 2 is 1.76 bits per heavy atom. The molecule has 2 heterocycles. The summed E-state index contributed by atoms with van der Waals surface area (Å²) in [5.74, 6) is 0. The highest BCUT2D eigenvalue weighted by Gasteiger charge is 2.31. The Morgan fingerprint density at radius 1 is 1.03 bits per heavy atom. The van der Waals surface area contributed by atoms with E-state index in [0.29, 0.717) is 0 Å². The first kappa shape index (κ1) is 19.5. The van der Waals surface area contributed by atoms with Crippen LogP contribution in [0.3, 0.4) is 0 Å². The number of rotatable bonds is 5. The van der Waals surface area contributed by atoms with Crippen LogP contribution in [0, 0.1) is 0 Å². The number of fused-ring (bicyclic) bond motifs is 1. The molecule has 1 N–H and O–H groups in total. The highest BCUT2D eigenvalue weighted by Crippen LogP contribution is 2.40. The van der Waals surface area contributed by atoms with Gasteiger partial charge in [-0.05, 0) is 55.3 Å². The maximum Gasteiger partial charge on any atom is 0.218 e. The van der Waals surface area contributed by atoms with Crippen LogP contribution in [0.25, 0.3) is 0 Å². The van der Waals surface area contributed by atoms with E-state index >= 15 is 0 Å². The van der Waals surface area contributed by atoms with Crippen molar-refractivity contribution in [2.75, 3.05) is 60.9 Å². The van der Waals surface area contributed by atoms with Gasteiger partial charge in [0.1, 0.15) is 0 Å². The average molecular weight is 395 g/mol. The Balaban J connectivity index is 1.49. The maximum atomic E-state index is 9.54. The second-order valence-electron chi connectivity index (χ2n) is 8.04. The number of nitrogens with zero attached hydrogens (tertiary/aromatic N) is 6. The second kappa shape index (κ2) is 7.91. The van der Waals surface area contributed by atoms with Crippen molar-refractivity contribution in [2.24, 2.45) is 10.2 Å². The lowest BCUT2D eigenvalue weighted by Gasteiger charge is -2.25. The summed E-state index contributed by atoms with van der Waals surface area (Å²) in [5, 5.41) is 18.7. The molecule has 2 atom stereocenters. The average Bonchev–Trinajstić information content (AvgIpc) is 3.30. The fourth-order valence-corrected chi connectivity index (χ4v) is 4.23. The minimum absolute atomic E-state index is 0.167. The van der Waals surface area contributed by atoms with Gasteiger partial charge in [0.2, 0.25) is 6.29 Å². The Hall–Kier alpha value is -2.80. The van der Waals surface area contributed by atoms with Crippen LogP contribution >= 0.6 is 0 Å². The predicted octanol–water partition coefficient (Wildman–Crippen LogP) is 3.67. The van der Waals surface area contributed by atoms with E-state index in [-0.39, 0.29) is 18.9 Å². The van der Waals surface area contributed by atoms with Crippen LogP contribution in [0.15, 0.2) is 52.7 Å². The molecule has 0 bridgehead atoms. The van der Waals surface area contributed by atoms with Crippen LogP contribution in [0.1, 0.15) is 12.8 Å². The number of aliphatic hydroxyl groups is 1. The summed E-state index contributed by atoms with van der Waals surface area (Å²) in [6.45, 7) is 1.20. The van der Waals surface area contributed by atoms with Gasteiger partial charge in [0, 0.05) is 46.1 Å². The van der Waals surface area contributed by atoms with Gasteiger partial charge < -0.3 is 24.7 Å². The van der Waals surface area contributed by atoms with Gasteiger partial charge in [-0.1, -0.05) is 0 Å². The Morgan fingerprint density at radius 3 is 2.45 bits per heavy atom. The lowest BCUT2D eigenvalue weighted by molar-refractivity contribution is 0.266. The van der Waals surface area contributed by atoms with Crippen molar-refractivity contribution in [3.05, 3.63) is 42.5 Å². The Bertz CT molecular complexity index is 881. The molecule has 2 unspecified atom stereocenters. The molecule has 4 rings (SSSR count). The first-order chi connectivity index (χ1) is 14.0. The normalized spacial score (nSPS) is 21.3. The molecule has 7 heteroatoms. The topological polar surface area (TPSA) is 57.9 Å². The van der Waals surface area contributed by atoms with Gasteiger partial charge in [-0.15, -0.1) is 5.11 Å². The minimum Gasteiger partial charge on any atom is -0.394 e. The van der Waals surface area contributed by atoms with Crippen molar-refractivity contribution < 1.29 is 5.11 Å². The van der Waals surface area contributed by atoms with E-state index in [9.17, 15) is 5.11 Å². The van der Waals surface area contributed by atoms with Crippen LogP contribution < -0.4 is 19.6 Å². The van der Waals surface area contributed by atoms with Crippen molar-refractivity contribution in [3.63, 3.8) is 0 Å². The zero-order chi connectivity index (χ0) is 20.5. The quantitative estimate of drug-likeness (QED) is 0.784. The molecule has 2 aromatic rings. The summed E-state index contributed by atoms with van der Waals surface area (Å²) >= 11 is 0. The molecule has 0 aliphatic carbocycles. The first-order valence-corrected chi connectivity index (χ1v) is 10.1. The molecule has 2 aromatic carbocycles. The predicted molar refractivity (Wildman–Crippen MR) is 120 cm³/mol. The lowest BCUT2D eigenvalue weighted by Crippen LogP contribution is -2.36. The van der Waals surface area contributed by atoms with E-state index in [0.717, 1.165) is 42.1 Å². The van der Waals surface area contributed by atoms with Crippen LogP contribution in [0.2, 0.25) is 0 Å². The fourth-order valence-electron chi connectivity index (χ4n) is 4.23. The molecule has 0 radical (unpaired) electrons. The van der Waals surface area contributed by atoms with Crippen LogP contribution in [-0.4, -0.2) is 58.8 Å². The molecule has 2 aliphatic heterocycles. The van der Waals surface area contributed by atoms with Crippen molar-refractivity contribution in [1.82, 2.24) is 0 Å². The van der Waals surface area contributed by atoms with E-state index in [4.69, 9.17) is 0 Å². The number of hydrogen-bond acceptors (Lipinski definition) is 7. The number of anilines is 4. The molecule has 0 amide bonds. The molecule has 1 fully saturated rings. The van der Waals surface area contributed by atoms with Gasteiger partial charge in [0.25, 0.3) is 0 Å². The second-order valence-corrected chi connectivity index (χ2v) is 8.04. The van der Waals surface area contributed by atoms with Gasteiger partial charge in [0.15, 0.2) is 0 Å². The van der Waals surface area contributed by atoms with Gasteiger partial charge >= 0.3 is 0 Å². The Kier molecular flexibility index (Phi) is 5.32. The zero-order valence-electron chi connectivity index (χ0n) is 17.7. The van der Waals surface area contributed by atoms with E-state index < -0.39 is 0 Å². The highest BCUT2D eigenvalue weighted by atomic mass is 16.3. The van der Waals surface area contributed by atoms with Crippen LogP contribution in [0.5, 0.6) is 0 Å². The third-order valence-electron chi connectivity index (χ3n) is 5.97. The monoisotopic (exact) mass is 394 g/mol. The molecule has 154 valence electrons. The van der Waals surface area contributed by atoms with Crippen LogP contribution in [0.4, 0.5) is 28.4 Å². The SMILES string of the molecule is CN(C)c1ccc2c(c1)N(C)C(N=Nc1ccc(N3CCCC3CO)cc1)N2C. The van der Waals surface area contributed by atoms with Crippen molar-refractivity contribution in [3.8, 4) is 0 Å². The van der Waals surface area contributed by atoms with Gasteiger partial charge in [-0.25, -0.2) is 0 Å². The molecular weight excluding hydrogens is 364 g/mol. The fraction of sp³-hybridized carbons (Fsp3) is 0.455. The maximum absolute atomic E-state index is 9.54. The van der Waals surface area contributed by atoms with Gasteiger partial charge in [-0.2, -0.15) is 5.11 Å². The van der Waals surface area contributed by atoms with Gasteiger partial charge in [0.05, 0.1) is 29.7 Å². The summed E-state index contributed by atoms with van der Waals surface area (Å²) in [6.07, 6.45) is 2.01.